The van der Waals surface area contributed by atoms with E-state index in [0.29, 0.717) is 0 Å². The van der Waals surface area contributed by atoms with Gasteiger partial charge in [0.15, 0.2) is 0 Å². The van der Waals surface area contributed by atoms with Gasteiger partial charge in [-0.05, 0) is 36.2 Å². The maximum absolute atomic E-state index is 4.72. The van der Waals surface area contributed by atoms with E-state index in [4.69, 9.17) is 4.98 Å². The predicted octanol–water partition coefficient (Wildman–Crippen LogP) is 3.84. The zero-order valence-electron chi connectivity index (χ0n) is 12.3. The Morgan fingerprint density at radius 3 is 2.71 bits per heavy atom. The number of unbranched alkanes of at least 4 members (excludes halogenated alkanes) is 1. The molecule has 0 radical (unpaired) electrons. The molecule has 0 aliphatic heterocycles. The van der Waals surface area contributed by atoms with E-state index >= 15 is 0 Å². The number of nitrogens with zero attached hydrogens (tertiary/aromatic N) is 3. The first-order chi connectivity index (χ1) is 10.4. The van der Waals surface area contributed by atoms with Gasteiger partial charge in [-0.3, -0.25) is 4.98 Å². The van der Waals surface area contributed by atoms with E-state index in [1.807, 2.05) is 30.6 Å². The Morgan fingerprint density at radius 1 is 1.10 bits per heavy atom. The molecule has 0 atom stereocenters. The van der Waals surface area contributed by atoms with Crippen molar-refractivity contribution in [1.29, 1.82) is 0 Å². The summed E-state index contributed by atoms with van der Waals surface area (Å²) in [7, 11) is 0. The summed E-state index contributed by atoms with van der Waals surface area (Å²) in [5.41, 5.74) is 3.45. The molecule has 0 saturated heterocycles. The molecule has 2 heterocycles. The van der Waals surface area contributed by atoms with Crippen molar-refractivity contribution in [1.82, 2.24) is 14.5 Å². The number of nitrogens with one attached hydrogen (secondary N) is 1. The third-order valence-electron chi connectivity index (χ3n) is 3.59. The van der Waals surface area contributed by atoms with E-state index in [1.165, 1.54) is 17.5 Å². The molecule has 108 valence electrons. The van der Waals surface area contributed by atoms with Crippen LogP contribution < -0.4 is 5.32 Å². The number of benzene rings is 1. The number of hydrogen-bond acceptors (Lipinski definition) is 3. The maximum Gasteiger partial charge on any atom is 0.204 e. The zero-order chi connectivity index (χ0) is 14.5. The van der Waals surface area contributed by atoms with Crippen LogP contribution in [0.3, 0.4) is 0 Å². The molecular weight excluding hydrogens is 260 g/mol. The summed E-state index contributed by atoms with van der Waals surface area (Å²) in [6.07, 6.45) is 5.97. The Hall–Kier alpha value is -2.36. The number of pyridine rings is 1. The highest BCUT2D eigenvalue weighted by molar-refractivity contribution is 5.78. The fourth-order valence-electron chi connectivity index (χ4n) is 2.43. The first-order valence-electron chi connectivity index (χ1n) is 7.46. The van der Waals surface area contributed by atoms with E-state index < -0.39 is 0 Å². The van der Waals surface area contributed by atoms with Crippen LogP contribution in [0, 0.1) is 0 Å². The Labute approximate surface area is 124 Å². The Kier molecular flexibility index (Phi) is 4.15. The lowest BCUT2D eigenvalue weighted by molar-refractivity contribution is 0.649. The Balaban J connectivity index is 1.86. The number of hydrogen-bond donors (Lipinski definition) is 1. The Bertz CT molecular complexity index is 703. The van der Waals surface area contributed by atoms with Crippen LogP contribution in [-0.2, 0) is 13.1 Å². The fraction of sp³-hybridized carbons (Fsp3) is 0.294. The normalized spacial score (nSPS) is 10.9. The summed E-state index contributed by atoms with van der Waals surface area (Å²) < 4.78 is 2.28. The van der Waals surface area contributed by atoms with Crippen molar-refractivity contribution in [2.45, 2.75) is 32.9 Å². The van der Waals surface area contributed by atoms with Gasteiger partial charge in [0.25, 0.3) is 0 Å². The predicted molar refractivity (Wildman–Crippen MR) is 86.2 cm³/mol. The minimum atomic E-state index is 0.762. The largest absolute Gasteiger partial charge is 0.352 e. The minimum Gasteiger partial charge on any atom is -0.352 e. The average molecular weight is 280 g/mol. The molecular formula is C17H20N4. The lowest BCUT2D eigenvalue weighted by Crippen LogP contribution is -2.08. The molecule has 0 fully saturated rings. The van der Waals surface area contributed by atoms with Gasteiger partial charge in [0.1, 0.15) is 0 Å². The van der Waals surface area contributed by atoms with Crippen LogP contribution in [0.25, 0.3) is 11.0 Å². The molecule has 0 saturated carbocycles. The molecule has 0 bridgehead atoms. The number of aryl methyl sites for hydroxylation is 1. The molecule has 3 aromatic rings. The SMILES string of the molecule is CCCCn1c(NCc2ccncc2)nc2ccccc21. The van der Waals surface area contributed by atoms with Gasteiger partial charge in [0.05, 0.1) is 11.0 Å². The molecule has 0 aliphatic carbocycles. The number of anilines is 1. The van der Waals surface area contributed by atoms with Gasteiger partial charge >= 0.3 is 0 Å². The van der Waals surface area contributed by atoms with Crippen LogP contribution in [-0.4, -0.2) is 14.5 Å². The molecule has 0 aliphatic rings. The number of fused-ring (bicyclic) bond motifs is 1. The van der Waals surface area contributed by atoms with Gasteiger partial charge in [-0.2, -0.15) is 0 Å². The van der Waals surface area contributed by atoms with E-state index in [9.17, 15) is 0 Å². The third kappa shape index (κ3) is 3.05. The highest BCUT2D eigenvalue weighted by Crippen LogP contribution is 2.20. The van der Waals surface area contributed by atoms with Crippen LogP contribution in [0.15, 0.2) is 48.8 Å². The summed E-state index contributed by atoms with van der Waals surface area (Å²) in [4.78, 5) is 8.76. The second kappa shape index (κ2) is 6.39. The second-order valence-electron chi connectivity index (χ2n) is 5.14. The van der Waals surface area contributed by atoms with Crippen molar-refractivity contribution in [3.05, 3.63) is 54.4 Å². The molecule has 1 N–H and O–H groups in total. The van der Waals surface area contributed by atoms with Crippen LogP contribution in [0.5, 0.6) is 0 Å². The first kappa shape index (κ1) is 13.6. The van der Waals surface area contributed by atoms with Crippen molar-refractivity contribution in [2.24, 2.45) is 0 Å². The minimum absolute atomic E-state index is 0.762. The van der Waals surface area contributed by atoms with Crippen molar-refractivity contribution in [3.8, 4) is 0 Å². The molecule has 1 aromatic carbocycles. The second-order valence-corrected chi connectivity index (χ2v) is 5.14. The molecule has 3 rings (SSSR count). The standard InChI is InChI=1S/C17H20N4/c1-2-3-12-21-16-7-5-4-6-15(16)20-17(21)19-13-14-8-10-18-11-9-14/h4-11H,2-3,12-13H2,1H3,(H,19,20). The number of rotatable bonds is 6. The molecule has 0 spiro atoms. The van der Waals surface area contributed by atoms with Gasteiger partial charge in [0.2, 0.25) is 5.95 Å². The van der Waals surface area contributed by atoms with Crippen molar-refractivity contribution in [2.75, 3.05) is 5.32 Å². The highest BCUT2D eigenvalue weighted by Gasteiger charge is 2.09. The molecule has 21 heavy (non-hydrogen) atoms. The number of aromatic nitrogens is 3. The smallest absolute Gasteiger partial charge is 0.204 e. The highest BCUT2D eigenvalue weighted by atomic mass is 15.2. The maximum atomic E-state index is 4.72. The fourth-order valence-corrected chi connectivity index (χ4v) is 2.43. The first-order valence-corrected chi connectivity index (χ1v) is 7.46. The average Bonchev–Trinajstić information content (AvgIpc) is 2.89. The quantitative estimate of drug-likeness (QED) is 0.746. The van der Waals surface area contributed by atoms with E-state index in [1.54, 1.807) is 0 Å². The van der Waals surface area contributed by atoms with E-state index in [2.05, 4.69) is 40.0 Å². The number of para-hydroxylation sites is 2. The van der Waals surface area contributed by atoms with Crippen molar-refractivity contribution < 1.29 is 0 Å². The summed E-state index contributed by atoms with van der Waals surface area (Å²) >= 11 is 0. The van der Waals surface area contributed by atoms with Gasteiger partial charge in [0, 0.05) is 25.5 Å². The van der Waals surface area contributed by atoms with Gasteiger partial charge in [-0.1, -0.05) is 25.5 Å². The number of imidazole rings is 1. The summed E-state index contributed by atoms with van der Waals surface area (Å²) in [5.74, 6) is 0.946. The molecule has 0 unspecified atom stereocenters. The van der Waals surface area contributed by atoms with E-state index in [-0.39, 0.29) is 0 Å². The zero-order valence-corrected chi connectivity index (χ0v) is 12.3. The van der Waals surface area contributed by atoms with Crippen molar-refractivity contribution >= 4 is 17.0 Å². The summed E-state index contributed by atoms with van der Waals surface area (Å²) in [6, 6.07) is 12.3. The van der Waals surface area contributed by atoms with Crippen LogP contribution in [0.4, 0.5) is 5.95 Å². The topological polar surface area (TPSA) is 42.7 Å². The lowest BCUT2D eigenvalue weighted by Gasteiger charge is -2.10. The molecule has 2 aromatic heterocycles. The Morgan fingerprint density at radius 2 is 1.90 bits per heavy atom. The van der Waals surface area contributed by atoms with Gasteiger partial charge in [-0.25, -0.2) is 4.98 Å². The van der Waals surface area contributed by atoms with Crippen LogP contribution >= 0.6 is 0 Å². The van der Waals surface area contributed by atoms with E-state index in [0.717, 1.165) is 31.0 Å². The molecule has 4 nitrogen and oxygen atoms in total. The van der Waals surface area contributed by atoms with Crippen molar-refractivity contribution in [3.63, 3.8) is 0 Å². The molecule has 0 amide bonds. The lowest BCUT2D eigenvalue weighted by atomic mass is 10.3. The summed E-state index contributed by atoms with van der Waals surface area (Å²) in [6.45, 7) is 3.97. The third-order valence-corrected chi connectivity index (χ3v) is 3.59. The van der Waals surface area contributed by atoms with Crippen LogP contribution in [0.1, 0.15) is 25.3 Å². The van der Waals surface area contributed by atoms with Crippen LogP contribution in [0.2, 0.25) is 0 Å². The summed E-state index contributed by atoms with van der Waals surface area (Å²) in [5, 5.41) is 3.45. The van der Waals surface area contributed by atoms with Gasteiger partial charge < -0.3 is 9.88 Å². The van der Waals surface area contributed by atoms with Gasteiger partial charge in [-0.15, -0.1) is 0 Å². The molecule has 4 heteroatoms. The monoisotopic (exact) mass is 280 g/mol.